The Kier molecular flexibility index (Phi) is 5.18. The van der Waals surface area contributed by atoms with E-state index in [9.17, 15) is 14.7 Å². The van der Waals surface area contributed by atoms with Crippen molar-refractivity contribution >= 4 is 34.7 Å². The Labute approximate surface area is 180 Å². The lowest BCUT2D eigenvalue weighted by molar-refractivity contribution is -0.132. The van der Waals surface area contributed by atoms with Crippen molar-refractivity contribution in [2.75, 3.05) is 4.90 Å². The number of carbonyl (C=O) groups excluding carboxylic acids is 2. The minimum absolute atomic E-state index is 0.0520. The van der Waals surface area contributed by atoms with Gasteiger partial charge in [-0.2, -0.15) is 0 Å². The average molecular weight is 418 g/mol. The number of Topliss-reactive ketones (excluding diaryl/α,β-unsaturated/α-hetero) is 1. The fraction of sp³-hybridized carbons (Fsp3) is 0.120. The van der Waals surface area contributed by atoms with Crippen molar-refractivity contribution in [2.24, 2.45) is 0 Å². The molecule has 3 aromatic rings. The van der Waals surface area contributed by atoms with E-state index in [0.29, 0.717) is 16.3 Å². The molecule has 1 atom stereocenters. The predicted molar refractivity (Wildman–Crippen MR) is 119 cm³/mol. The van der Waals surface area contributed by atoms with Crippen molar-refractivity contribution in [3.8, 4) is 0 Å². The van der Waals surface area contributed by atoms with Gasteiger partial charge < -0.3 is 5.11 Å². The first-order valence-electron chi connectivity index (χ1n) is 9.57. The molecule has 4 nitrogen and oxygen atoms in total. The van der Waals surface area contributed by atoms with Gasteiger partial charge in [0.25, 0.3) is 11.7 Å². The van der Waals surface area contributed by atoms with E-state index in [1.807, 2.05) is 62.4 Å². The molecule has 1 aliphatic rings. The quantitative estimate of drug-likeness (QED) is 0.343. The third kappa shape index (κ3) is 3.40. The van der Waals surface area contributed by atoms with Crippen LogP contribution >= 0.6 is 11.6 Å². The van der Waals surface area contributed by atoms with E-state index in [2.05, 4.69) is 0 Å². The standard InChI is InChI=1S/C25H20ClNO3/c1-15-7-5-9-17(13-15)22-21(23(28)18-10-6-11-19(26)14-18)24(29)25(30)27(22)20-12-4-3-8-16(20)2/h3-14,22,28H,1-2H3/b23-21-. The van der Waals surface area contributed by atoms with E-state index in [4.69, 9.17) is 11.6 Å². The maximum absolute atomic E-state index is 13.1. The topological polar surface area (TPSA) is 57.6 Å². The molecule has 1 unspecified atom stereocenters. The van der Waals surface area contributed by atoms with Crippen LogP contribution in [0.5, 0.6) is 0 Å². The van der Waals surface area contributed by atoms with Crippen LogP contribution in [0.2, 0.25) is 5.02 Å². The van der Waals surface area contributed by atoms with Gasteiger partial charge in [0.2, 0.25) is 0 Å². The summed E-state index contributed by atoms with van der Waals surface area (Å²) < 4.78 is 0. The molecule has 1 fully saturated rings. The Morgan fingerprint density at radius 2 is 1.67 bits per heavy atom. The number of hydrogen-bond acceptors (Lipinski definition) is 3. The van der Waals surface area contributed by atoms with Crippen LogP contribution in [0.4, 0.5) is 5.69 Å². The third-order valence-electron chi connectivity index (χ3n) is 5.28. The molecule has 0 aliphatic carbocycles. The summed E-state index contributed by atoms with van der Waals surface area (Å²) >= 11 is 6.08. The first kappa shape index (κ1) is 19.9. The van der Waals surface area contributed by atoms with Crippen molar-refractivity contribution in [3.63, 3.8) is 0 Å². The molecule has 4 rings (SSSR count). The molecule has 3 aromatic carbocycles. The second kappa shape index (κ2) is 7.81. The van der Waals surface area contributed by atoms with Gasteiger partial charge in [-0.05, 0) is 43.2 Å². The summed E-state index contributed by atoms with van der Waals surface area (Å²) in [6, 6.07) is 20.9. The van der Waals surface area contributed by atoms with E-state index in [0.717, 1.165) is 16.7 Å². The van der Waals surface area contributed by atoms with Crippen molar-refractivity contribution in [1.29, 1.82) is 0 Å². The molecule has 0 bridgehead atoms. The second-order valence-corrected chi connectivity index (χ2v) is 7.82. The summed E-state index contributed by atoms with van der Waals surface area (Å²) in [6.07, 6.45) is 0. The van der Waals surface area contributed by atoms with Gasteiger partial charge in [0.15, 0.2) is 0 Å². The number of carbonyl (C=O) groups is 2. The zero-order chi connectivity index (χ0) is 21.4. The Morgan fingerprint density at radius 1 is 0.933 bits per heavy atom. The highest BCUT2D eigenvalue weighted by atomic mass is 35.5. The number of anilines is 1. The number of para-hydroxylation sites is 1. The summed E-state index contributed by atoms with van der Waals surface area (Å²) in [4.78, 5) is 27.7. The summed E-state index contributed by atoms with van der Waals surface area (Å²) in [5.41, 5.74) is 3.68. The zero-order valence-corrected chi connectivity index (χ0v) is 17.4. The van der Waals surface area contributed by atoms with Crippen LogP contribution in [0.15, 0.2) is 78.4 Å². The number of aliphatic hydroxyl groups excluding tert-OH is 1. The second-order valence-electron chi connectivity index (χ2n) is 7.38. The van der Waals surface area contributed by atoms with Crippen LogP contribution in [0.3, 0.4) is 0 Å². The van der Waals surface area contributed by atoms with Crippen molar-refractivity contribution in [1.82, 2.24) is 0 Å². The number of aliphatic hydroxyl groups is 1. The van der Waals surface area contributed by atoms with Crippen LogP contribution in [0, 0.1) is 13.8 Å². The highest BCUT2D eigenvalue weighted by Gasteiger charge is 2.47. The number of amides is 1. The molecule has 30 heavy (non-hydrogen) atoms. The van der Waals surface area contributed by atoms with E-state index >= 15 is 0 Å². The first-order chi connectivity index (χ1) is 14.4. The summed E-state index contributed by atoms with van der Waals surface area (Å²) in [6.45, 7) is 3.83. The Bertz CT molecular complexity index is 1200. The van der Waals surface area contributed by atoms with Gasteiger partial charge in [-0.15, -0.1) is 0 Å². The smallest absolute Gasteiger partial charge is 0.300 e. The third-order valence-corrected chi connectivity index (χ3v) is 5.51. The lowest BCUT2D eigenvalue weighted by Gasteiger charge is -2.27. The molecule has 0 aromatic heterocycles. The van der Waals surface area contributed by atoms with Crippen molar-refractivity contribution in [2.45, 2.75) is 19.9 Å². The van der Waals surface area contributed by atoms with Crippen LogP contribution < -0.4 is 4.90 Å². The first-order valence-corrected chi connectivity index (χ1v) is 9.95. The van der Waals surface area contributed by atoms with Crippen LogP contribution in [-0.2, 0) is 9.59 Å². The van der Waals surface area contributed by atoms with E-state index in [-0.39, 0.29) is 11.3 Å². The molecule has 1 aliphatic heterocycles. The Hall–Kier alpha value is -3.37. The highest BCUT2D eigenvalue weighted by Crippen LogP contribution is 2.43. The molecule has 0 saturated carbocycles. The molecular formula is C25H20ClNO3. The minimum atomic E-state index is -0.745. The summed E-state index contributed by atoms with van der Waals surface area (Å²) in [5, 5.41) is 11.5. The van der Waals surface area contributed by atoms with Crippen LogP contribution in [0.25, 0.3) is 5.76 Å². The van der Waals surface area contributed by atoms with Gasteiger partial charge in [0.05, 0.1) is 11.6 Å². The van der Waals surface area contributed by atoms with Gasteiger partial charge in [0.1, 0.15) is 5.76 Å². The number of halogens is 1. The molecule has 1 saturated heterocycles. The van der Waals surface area contributed by atoms with Crippen molar-refractivity contribution in [3.05, 3.63) is 106 Å². The van der Waals surface area contributed by atoms with Gasteiger partial charge in [-0.1, -0.05) is 71.8 Å². The normalized spacial score (nSPS) is 18.1. The lowest BCUT2D eigenvalue weighted by atomic mass is 9.94. The maximum Gasteiger partial charge on any atom is 0.300 e. The predicted octanol–water partition coefficient (Wildman–Crippen LogP) is 5.58. The fourth-order valence-corrected chi connectivity index (χ4v) is 4.05. The summed E-state index contributed by atoms with van der Waals surface area (Å²) in [5.74, 6) is -1.62. The lowest BCUT2D eigenvalue weighted by Crippen LogP contribution is -2.30. The SMILES string of the molecule is Cc1cccc(C2/C(=C(/O)c3cccc(Cl)c3)C(=O)C(=O)N2c2ccccc2C)c1. The molecule has 5 heteroatoms. The Balaban J connectivity index is 1.99. The van der Waals surface area contributed by atoms with E-state index in [1.165, 1.54) is 4.90 Å². The highest BCUT2D eigenvalue weighted by molar-refractivity contribution is 6.51. The number of ketones is 1. The number of rotatable bonds is 3. The van der Waals surface area contributed by atoms with E-state index < -0.39 is 17.7 Å². The van der Waals surface area contributed by atoms with Gasteiger partial charge in [0, 0.05) is 16.3 Å². The minimum Gasteiger partial charge on any atom is -0.507 e. The zero-order valence-electron chi connectivity index (χ0n) is 16.6. The monoisotopic (exact) mass is 417 g/mol. The molecular weight excluding hydrogens is 398 g/mol. The summed E-state index contributed by atoms with van der Waals surface area (Å²) in [7, 11) is 0. The van der Waals surface area contributed by atoms with Gasteiger partial charge in [-0.3, -0.25) is 14.5 Å². The molecule has 1 heterocycles. The fourth-order valence-electron chi connectivity index (χ4n) is 3.86. The van der Waals surface area contributed by atoms with E-state index in [1.54, 1.807) is 24.3 Å². The Morgan fingerprint density at radius 3 is 2.37 bits per heavy atom. The number of benzene rings is 3. The average Bonchev–Trinajstić information content (AvgIpc) is 2.99. The molecule has 0 radical (unpaired) electrons. The van der Waals surface area contributed by atoms with Gasteiger partial charge >= 0.3 is 0 Å². The van der Waals surface area contributed by atoms with Gasteiger partial charge in [-0.25, -0.2) is 0 Å². The number of hydrogen-bond donors (Lipinski definition) is 1. The molecule has 150 valence electrons. The molecule has 1 N–H and O–H groups in total. The molecule has 0 spiro atoms. The maximum atomic E-state index is 13.1. The van der Waals surface area contributed by atoms with Crippen LogP contribution in [-0.4, -0.2) is 16.8 Å². The van der Waals surface area contributed by atoms with Crippen molar-refractivity contribution < 1.29 is 14.7 Å². The largest absolute Gasteiger partial charge is 0.507 e. The number of nitrogens with zero attached hydrogens (tertiary/aromatic N) is 1. The number of aryl methyl sites for hydroxylation is 2. The van der Waals surface area contributed by atoms with Crippen LogP contribution in [0.1, 0.15) is 28.3 Å². The molecule has 1 amide bonds.